The molecule has 1 aromatic rings. The molecule has 1 aliphatic rings. The second-order valence-corrected chi connectivity index (χ2v) is 4.66. The van der Waals surface area contributed by atoms with Gasteiger partial charge in [0.15, 0.2) is 0 Å². The number of hydrogen-bond acceptors (Lipinski definition) is 3. The van der Waals surface area contributed by atoms with E-state index in [1.807, 2.05) is 0 Å². The molecule has 0 spiro atoms. The molecule has 0 unspecified atom stereocenters. The molecular formula is C9H10BrF3N2O. The Labute approximate surface area is 98.5 Å². The molecule has 0 amide bonds. The lowest BCUT2D eigenvalue weighted by molar-refractivity contribution is -0.182. The maximum Gasteiger partial charge on any atom is 0.391 e. The normalized spacial score (nSPS) is 27.0. The summed E-state index contributed by atoms with van der Waals surface area (Å²) in [6.45, 7) is 0. The summed E-state index contributed by atoms with van der Waals surface area (Å²) in [5.41, 5.74) is 0. The molecule has 16 heavy (non-hydrogen) atoms. The standard InChI is InChI=1S/C9H10BrF3N2O/c10-8-15-14-7(16-8)5-1-3-6(4-2-5)9(11,12)13/h5-6H,1-4H2. The van der Waals surface area contributed by atoms with Crippen LogP contribution in [0.2, 0.25) is 0 Å². The van der Waals surface area contributed by atoms with Crippen molar-refractivity contribution in [2.45, 2.75) is 37.8 Å². The summed E-state index contributed by atoms with van der Waals surface area (Å²) in [5, 5.41) is 7.42. The van der Waals surface area contributed by atoms with Crippen LogP contribution >= 0.6 is 15.9 Å². The van der Waals surface area contributed by atoms with Crippen molar-refractivity contribution in [2.75, 3.05) is 0 Å². The second-order valence-electron chi connectivity index (χ2n) is 3.98. The highest BCUT2D eigenvalue weighted by Gasteiger charge is 2.42. The van der Waals surface area contributed by atoms with Gasteiger partial charge in [-0.05, 0) is 25.7 Å². The van der Waals surface area contributed by atoms with Gasteiger partial charge in [-0.15, -0.1) is 10.2 Å². The number of aromatic nitrogens is 2. The zero-order chi connectivity index (χ0) is 11.8. The molecule has 0 aromatic carbocycles. The Balaban J connectivity index is 1.95. The van der Waals surface area contributed by atoms with E-state index in [1.165, 1.54) is 0 Å². The van der Waals surface area contributed by atoms with Gasteiger partial charge in [-0.3, -0.25) is 0 Å². The highest BCUT2D eigenvalue weighted by Crippen LogP contribution is 2.42. The van der Waals surface area contributed by atoms with Crippen molar-refractivity contribution in [3.63, 3.8) is 0 Å². The molecule has 1 saturated carbocycles. The Kier molecular flexibility index (Phi) is 3.23. The second kappa shape index (κ2) is 4.35. The van der Waals surface area contributed by atoms with Gasteiger partial charge in [0, 0.05) is 21.8 Å². The lowest BCUT2D eigenvalue weighted by Crippen LogP contribution is -2.27. The number of nitrogens with zero attached hydrogens (tertiary/aromatic N) is 2. The van der Waals surface area contributed by atoms with Crippen molar-refractivity contribution in [1.82, 2.24) is 10.2 Å². The molecule has 1 fully saturated rings. The molecule has 1 heterocycles. The van der Waals surface area contributed by atoms with E-state index in [1.54, 1.807) is 0 Å². The molecule has 1 aliphatic carbocycles. The van der Waals surface area contributed by atoms with Gasteiger partial charge >= 0.3 is 6.18 Å². The van der Waals surface area contributed by atoms with Crippen molar-refractivity contribution in [3.8, 4) is 0 Å². The summed E-state index contributed by atoms with van der Waals surface area (Å²) in [5.74, 6) is -0.764. The van der Waals surface area contributed by atoms with Crippen molar-refractivity contribution >= 4 is 15.9 Å². The average Bonchev–Trinajstić information content (AvgIpc) is 2.64. The molecule has 0 atom stereocenters. The minimum Gasteiger partial charge on any atom is -0.415 e. The summed E-state index contributed by atoms with van der Waals surface area (Å²) in [4.78, 5) is 0.278. The predicted octanol–water partition coefficient (Wildman–Crippen LogP) is 3.67. The molecule has 0 saturated heterocycles. The van der Waals surface area contributed by atoms with E-state index in [0.717, 1.165) is 0 Å². The van der Waals surface area contributed by atoms with Gasteiger partial charge in [-0.1, -0.05) is 0 Å². The quantitative estimate of drug-likeness (QED) is 0.794. The van der Waals surface area contributed by atoms with Gasteiger partial charge in [0.25, 0.3) is 4.80 Å². The first-order valence-electron chi connectivity index (χ1n) is 5.02. The molecule has 0 aliphatic heterocycles. The molecule has 3 nitrogen and oxygen atoms in total. The summed E-state index contributed by atoms with van der Waals surface area (Å²) < 4.78 is 42.4. The van der Waals surface area contributed by atoms with E-state index >= 15 is 0 Å². The van der Waals surface area contributed by atoms with Gasteiger partial charge < -0.3 is 4.42 Å². The smallest absolute Gasteiger partial charge is 0.391 e. The lowest BCUT2D eigenvalue weighted by atomic mass is 9.81. The van der Waals surface area contributed by atoms with Crippen LogP contribution in [-0.4, -0.2) is 16.4 Å². The van der Waals surface area contributed by atoms with E-state index in [0.29, 0.717) is 18.7 Å². The molecule has 90 valence electrons. The van der Waals surface area contributed by atoms with E-state index in [9.17, 15) is 13.2 Å². The Morgan fingerprint density at radius 1 is 1.12 bits per heavy atom. The predicted molar refractivity (Wildman–Crippen MR) is 52.8 cm³/mol. The third kappa shape index (κ3) is 2.56. The first-order valence-corrected chi connectivity index (χ1v) is 5.81. The van der Waals surface area contributed by atoms with Crippen LogP contribution in [0.4, 0.5) is 13.2 Å². The van der Waals surface area contributed by atoms with E-state index in [-0.39, 0.29) is 23.6 Å². The summed E-state index contributed by atoms with van der Waals surface area (Å²) in [6.07, 6.45) is -2.86. The zero-order valence-electron chi connectivity index (χ0n) is 8.30. The minimum absolute atomic E-state index is 0.0302. The largest absolute Gasteiger partial charge is 0.415 e. The highest BCUT2D eigenvalue weighted by atomic mass is 79.9. The summed E-state index contributed by atoms with van der Waals surface area (Å²) >= 11 is 3.02. The van der Waals surface area contributed by atoms with Crippen LogP contribution in [0.25, 0.3) is 0 Å². The van der Waals surface area contributed by atoms with E-state index < -0.39 is 12.1 Å². The maximum absolute atomic E-state index is 12.4. The molecule has 0 bridgehead atoms. The van der Waals surface area contributed by atoms with Gasteiger partial charge in [-0.25, -0.2) is 0 Å². The number of alkyl halides is 3. The molecule has 0 radical (unpaired) electrons. The summed E-state index contributed by atoms with van der Waals surface area (Å²) in [7, 11) is 0. The SMILES string of the molecule is FC(F)(F)C1CCC(c2nnc(Br)o2)CC1. The van der Waals surface area contributed by atoms with Crippen LogP contribution in [0.3, 0.4) is 0 Å². The molecular weight excluding hydrogens is 289 g/mol. The number of hydrogen-bond donors (Lipinski definition) is 0. The van der Waals surface area contributed by atoms with Crippen LogP contribution < -0.4 is 0 Å². The van der Waals surface area contributed by atoms with E-state index in [2.05, 4.69) is 26.1 Å². The van der Waals surface area contributed by atoms with Crippen LogP contribution in [0.1, 0.15) is 37.5 Å². The monoisotopic (exact) mass is 298 g/mol. The first-order chi connectivity index (χ1) is 7.47. The first kappa shape index (κ1) is 11.9. The van der Waals surface area contributed by atoms with E-state index in [4.69, 9.17) is 4.42 Å². The Bertz CT molecular complexity index is 358. The molecule has 0 N–H and O–H groups in total. The third-order valence-corrected chi connectivity index (χ3v) is 3.28. The number of rotatable bonds is 1. The van der Waals surface area contributed by atoms with Crippen LogP contribution in [-0.2, 0) is 0 Å². The van der Waals surface area contributed by atoms with Crippen LogP contribution in [0, 0.1) is 5.92 Å². The van der Waals surface area contributed by atoms with Gasteiger partial charge in [-0.2, -0.15) is 13.2 Å². The molecule has 7 heteroatoms. The third-order valence-electron chi connectivity index (χ3n) is 2.96. The fourth-order valence-corrected chi connectivity index (χ4v) is 2.29. The maximum atomic E-state index is 12.4. The fourth-order valence-electron chi connectivity index (χ4n) is 2.05. The van der Waals surface area contributed by atoms with Crippen molar-refractivity contribution in [1.29, 1.82) is 0 Å². The minimum atomic E-state index is -4.07. The molecule has 1 aromatic heterocycles. The van der Waals surface area contributed by atoms with Crippen LogP contribution in [0.5, 0.6) is 0 Å². The Hall–Kier alpha value is -0.590. The van der Waals surface area contributed by atoms with Gasteiger partial charge in [0.1, 0.15) is 0 Å². The number of halogens is 4. The van der Waals surface area contributed by atoms with Crippen molar-refractivity contribution in [3.05, 3.63) is 10.7 Å². The van der Waals surface area contributed by atoms with Crippen LogP contribution in [0.15, 0.2) is 9.22 Å². The van der Waals surface area contributed by atoms with Gasteiger partial charge in [0.2, 0.25) is 5.89 Å². The lowest BCUT2D eigenvalue weighted by Gasteiger charge is -2.27. The van der Waals surface area contributed by atoms with Gasteiger partial charge in [0.05, 0.1) is 5.92 Å². The Morgan fingerprint density at radius 2 is 1.75 bits per heavy atom. The summed E-state index contributed by atoms with van der Waals surface area (Å²) in [6, 6.07) is 0. The van der Waals surface area contributed by atoms with Crippen molar-refractivity contribution < 1.29 is 17.6 Å². The fraction of sp³-hybridized carbons (Fsp3) is 0.778. The topological polar surface area (TPSA) is 38.9 Å². The average molecular weight is 299 g/mol. The van der Waals surface area contributed by atoms with Crippen molar-refractivity contribution in [2.24, 2.45) is 5.92 Å². The Morgan fingerprint density at radius 3 is 2.19 bits per heavy atom. The molecule has 2 rings (SSSR count). The highest BCUT2D eigenvalue weighted by molar-refractivity contribution is 9.10. The zero-order valence-corrected chi connectivity index (χ0v) is 9.88.